The number of hydrogen-bond donors (Lipinski definition) is 1. The number of amides is 1. The minimum Gasteiger partial charge on any atom is -0.352 e. The van der Waals surface area contributed by atoms with Gasteiger partial charge in [-0.15, -0.1) is 0 Å². The van der Waals surface area contributed by atoms with Gasteiger partial charge in [-0.1, -0.05) is 27.7 Å². The first-order valence-electron chi connectivity index (χ1n) is 5.70. The van der Waals surface area contributed by atoms with Crippen molar-refractivity contribution < 1.29 is 4.79 Å². The summed E-state index contributed by atoms with van der Waals surface area (Å²) in [6, 6.07) is 3.43. The van der Waals surface area contributed by atoms with Crippen molar-refractivity contribution in [2.45, 2.75) is 27.7 Å². The maximum Gasteiger partial charge on any atom is 0.251 e. The molecule has 3 nitrogen and oxygen atoms in total. The molecule has 1 atom stereocenters. The third-order valence-corrected chi connectivity index (χ3v) is 3.47. The van der Waals surface area contributed by atoms with Crippen LogP contribution in [0.2, 0.25) is 0 Å². The van der Waals surface area contributed by atoms with Crippen molar-refractivity contribution >= 4 is 21.8 Å². The maximum absolute atomic E-state index is 11.9. The molecule has 0 aliphatic heterocycles. The molecule has 1 rings (SSSR count). The van der Waals surface area contributed by atoms with Gasteiger partial charge in [-0.3, -0.25) is 4.79 Å². The first kappa shape index (κ1) is 14.2. The molecule has 1 aromatic rings. The number of pyridine rings is 1. The molecule has 4 heteroatoms. The highest BCUT2D eigenvalue weighted by Gasteiger charge is 2.20. The molecule has 1 N–H and O–H groups in total. The molecule has 0 bridgehead atoms. The van der Waals surface area contributed by atoms with E-state index < -0.39 is 0 Å². The molecule has 94 valence electrons. The average molecular weight is 299 g/mol. The fourth-order valence-electron chi connectivity index (χ4n) is 1.20. The Kier molecular flexibility index (Phi) is 4.69. The zero-order valence-corrected chi connectivity index (χ0v) is 12.3. The number of nitrogens with one attached hydrogen (secondary N) is 1. The summed E-state index contributed by atoms with van der Waals surface area (Å²) in [6.45, 7) is 9.34. The summed E-state index contributed by atoms with van der Waals surface area (Å²) < 4.78 is 0.675. The van der Waals surface area contributed by atoms with E-state index in [0.717, 1.165) is 0 Å². The molecule has 1 aromatic heterocycles. The summed E-state index contributed by atoms with van der Waals surface area (Å²) >= 11 is 3.25. The van der Waals surface area contributed by atoms with Crippen LogP contribution in [0.25, 0.3) is 0 Å². The van der Waals surface area contributed by atoms with Gasteiger partial charge in [0.15, 0.2) is 0 Å². The van der Waals surface area contributed by atoms with Crippen LogP contribution in [0.1, 0.15) is 38.1 Å². The Morgan fingerprint density at radius 3 is 2.71 bits per heavy atom. The van der Waals surface area contributed by atoms with Crippen LogP contribution in [-0.2, 0) is 0 Å². The van der Waals surface area contributed by atoms with Crippen molar-refractivity contribution in [3.8, 4) is 0 Å². The highest BCUT2D eigenvalue weighted by atomic mass is 79.9. The SMILES string of the molecule is CC(CNC(=O)c1ccnc(Br)c1)C(C)(C)C. The molecule has 0 saturated carbocycles. The van der Waals surface area contributed by atoms with Crippen molar-refractivity contribution in [1.29, 1.82) is 0 Å². The summed E-state index contributed by atoms with van der Waals surface area (Å²) in [6.07, 6.45) is 1.62. The predicted molar refractivity (Wildman–Crippen MR) is 72.9 cm³/mol. The average Bonchev–Trinajstić information content (AvgIpc) is 2.24. The number of hydrogen-bond acceptors (Lipinski definition) is 2. The van der Waals surface area contributed by atoms with Gasteiger partial charge in [0, 0.05) is 18.3 Å². The maximum atomic E-state index is 11.9. The van der Waals surface area contributed by atoms with E-state index in [1.165, 1.54) is 0 Å². The van der Waals surface area contributed by atoms with Gasteiger partial charge in [-0.05, 0) is 39.4 Å². The first-order valence-corrected chi connectivity index (χ1v) is 6.50. The monoisotopic (exact) mass is 298 g/mol. The number of rotatable bonds is 3. The highest BCUT2D eigenvalue weighted by molar-refractivity contribution is 9.10. The standard InChI is InChI=1S/C13H19BrN2O/c1-9(13(2,3)4)8-16-12(17)10-5-6-15-11(14)7-10/h5-7,9H,8H2,1-4H3,(H,16,17). The van der Waals surface area contributed by atoms with Crippen molar-refractivity contribution in [3.05, 3.63) is 28.5 Å². The lowest BCUT2D eigenvalue weighted by Gasteiger charge is -2.27. The van der Waals surface area contributed by atoms with Crippen molar-refractivity contribution in [1.82, 2.24) is 10.3 Å². The van der Waals surface area contributed by atoms with E-state index >= 15 is 0 Å². The molecule has 0 aliphatic rings. The fourth-order valence-corrected chi connectivity index (χ4v) is 1.56. The van der Waals surface area contributed by atoms with Gasteiger partial charge in [0.05, 0.1) is 0 Å². The third kappa shape index (κ3) is 4.46. The molecule has 0 fully saturated rings. The lowest BCUT2D eigenvalue weighted by molar-refractivity contribution is 0.0937. The Bertz CT molecular complexity index is 399. The van der Waals surface area contributed by atoms with Crippen molar-refractivity contribution in [2.24, 2.45) is 11.3 Å². The van der Waals surface area contributed by atoms with Crippen molar-refractivity contribution in [2.75, 3.05) is 6.54 Å². The van der Waals surface area contributed by atoms with Gasteiger partial charge >= 0.3 is 0 Å². The smallest absolute Gasteiger partial charge is 0.251 e. The van der Waals surface area contributed by atoms with Crippen LogP contribution in [0.5, 0.6) is 0 Å². The van der Waals surface area contributed by atoms with Crippen LogP contribution in [0.4, 0.5) is 0 Å². The summed E-state index contributed by atoms with van der Waals surface area (Å²) in [5, 5.41) is 2.94. The summed E-state index contributed by atoms with van der Waals surface area (Å²) in [5.41, 5.74) is 0.833. The molecule has 1 amide bonds. The Labute approximate surface area is 111 Å². The largest absolute Gasteiger partial charge is 0.352 e. The van der Waals surface area contributed by atoms with Crippen LogP contribution in [0.15, 0.2) is 22.9 Å². The lowest BCUT2D eigenvalue weighted by atomic mass is 9.82. The fraction of sp³-hybridized carbons (Fsp3) is 0.538. The second-order valence-corrected chi connectivity index (χ2v) is 6.16. The van der Waals surface area contributed by atoms with Crippen molar-refractivity contribution in [3.63, 3.8) is 0 Å². The second-order valence-electron chi connectivity index (χ2n) is 5.34. The summed E-state index contributed by atoms with van der Waals surface area (Å²) in [5.74, 6) is 0.376. The molecule has 1 heterocycles. The van der Waals surface area contributed by atoms with Crippen LogP contribution in [-0.4, -0.2) is 17.4 Å². The molecule has 17 heavy (non-hydrogen) atoms. The van der Waals surface area contributed by atoms with E-state index in [9.17, 15) is 4.79 Å². The zero-order chi connectivity index (χ0) is 13.1. The molecule has 0 aromatic carbocycles. The zero-order valence-electron chi connectivity index (χ0n) is 10.7. The van der Waals surface area contributed by atoms with Gasteiger partial charge in [0.1, 0.15) is 4.60 Å². The normalized spacial score (nSPS) is 13.2. The van der Waals surface area contributed by atoms with Crippen LogP contribution < -0.4 is 5.32 Å². The number of carbonyl (C=O) groups excluding carboxylic acids is 1. The van der Waals surface area contributed by atoms with E-state index in [1.54, 1.807) is 18.3 Å². The number of aromatic nitrogens is 1. The molecule has 0 spiro atoms. The molecule has 0 aliphatic carbocycles. The summed E-state index contributed by atoms with van der Waals surface area (Å²) in [7, 11) is 0. The van der Waals surface area contributed by atoms with Gasteiger partial charge in [0.25, 0.3) is 5.91 Å². The first-order chi connectivity index (χ1) is 7.80. The number of carbonyl (C=O) groups is 1. The minimum absolute atomic E-state index is 0.0517. The lowest BCUT2D eigenvalue weighted by Crippen LogP contribution is -2.33. The quantitative estimate of drug-likeness (QED) is 0.870. The molecule has 1 unspecified atom stereocenters. The molecular formula is C13H19BrN2O. The molecule has 0 saturated heterocycles. The Balaban J connectivity index is 2.57. The van der Waals surface area contributed by atoms with Crippen LogP contribution in [0, 0.1) is 11.3 Å². The Morgan fingerprint density at radius 2 is 2.18 bits per heavy atom. The van der Waals surface area contributed by atoms with E-state index in [0.29, 0.717) is 22.6 Å². The van der Waals surface area contributed by atoms with Gasteiger partial charge in [-0.25, -0.2) is 4.98 Å². The van der Waals surface area contributed by atoms with Gasteiger partial charge < -0.3 is 5.32 Å². The predicted octanol–water partition coefficient (Wildman–Crippen LogP) is 3.26. The van der Waals surface area contributed by atoms with E-state index in [2.05, 4.69) is 53.9 Å². The summed E-state index contributed by atoms with van der Waals surface area (Å²) in [4.78, 5) is 15.9. The number of halogens is 1. The molecular weight excluding hydrogens is 280 g/mol. The van der Waals surface area contributed by atoms with Crippen LogP contribution in [0.3, 0.4) is 0 Å². The third-order valence-electron chi connectivity index (χ3n) is 3.04. The highest BCUT2D eigenvalue weighted by Crippen LogP contribution is 2.24. The van der Waals surface area contributed by atoms with Gasteiger partial charge in [-0.2, -0.15) is 0 Å². The minimum atomic E-state index is -0.0517. The van der Waals surface area contributed by atoms with E-state index in [1.807, 2.05) is 0 Å². The van der Waals surface area contributed by atoms with E-state index in [4.69, 9.17) is 0 Å². The molecule has 0 radical (unpaired) electrons. The topological polar surface area (TPSA) is 42.0 Å². The van der Waals surface area contributed by atoms with Gasteiger partial charge in [0.2, 0.25) is 0 Å². The van der Waals surface area contributed by atoms with Crippen LogP contribution >= 0.6 is 15.9 Å². The second kappa shape index (κ2) is 5.63. The Morgan fingerprint density at radius 1 is 1.53 bits per heavy atom. The van der Waals surface area contributed by atoms with E-state index in [-0.39, 0.29) is 11.3 Å². The number of nitrogens with zero attached hydrogens (tertiary/aromatic N) is 1. The Hall–Kier alpha value is -0.900.